The summed E-state index contributed by atoms with van der Waals surface area (Å²) in [5.41, 5.74) is 1.14. The van der Waals surface area contributed by atoms with Gasteiger partial charge in [0.05, 0.1) is 0 Å². The smallest absolute Gasteiger partial charge is 0.306 e. The van der Waals surface area contributed by atoms with Crippen molar-refractivity contribution in [3.8, 4) is 5.75 Å². The highest BCUT2D eigenvalue weighted by Gasteiger charge is 2.20. The van der Waals surface area contributed by atoms with Crippen molar-refractivity contribution in [1.82, 2.24) is 0 Å². The third-order valence-electron chi connectivity index (χ3n) is 3.19. The van der Waals surface area contributed by atoms with E-state index in [2.05, 4.69) is 20.4 Å². The number of carbonyl (C=O) groups excluding carboxylic acids is 1. The number of rotatable bonds is 7. The Kier molecular flexibility index (Phi) is 5.61. The first-order chi connectivity index (χ1) is 8.95. The van der Waals surface area contributed by atoms with Crippen molar-refractivity contribution >= 4 is 5.97 Å². The molecule has 19 heavy (non-hydrogen) atoms. The van der Waals surface area contributed by atoms with Crippen LogP contribution in [0.5, 0.6) is 5.75 Å². The number of esters is 1. The van der Waals surface area contributed by atoms with Crippen molar-refractivity contribution in [3.63, 3.8) is 0 Å². The highest BCUT2D eigenvalue weighted by molar-refractivity contribution is 5.69. The van der Waals surface area contributed by atoms with Crippen LogP contribution < -0.4 is 0 Å². The van der Waals surface area contributed by atoms with Gasteiger partial charge in [0.1, 0.15) is 12.4 Å². The Morgan fingerprint density at radius 2 is 2.00 bits per heavy atom. The highest BCUT2D eigenvalue weighted by atomic mass is 16.5. The van der Waals surface area contributed by atoms with Gasteiger partial charge in [-0.2, -0.15) is 0 Å². The molecule has 1 aromatic rings. The second-order valence-electron chi connectivity index (χ2n) is 5.26. The van der Waals surface area contributed by atoms with E-state index < -0.39 is 0 Å². The van der Waals surface area contributed by atoms with Gasteiger partial charge in [0, 0.05) is 6.42 Å². The van der Waals surface area contributed by atoms with Crippen LogP contribution in [0.25, 0.3) is 0 Å². The van der Waals surface area contributed by atoms with Crippen molar-refractivity contribution < 1.29 is 14.6 Å². The molecular formula is C16H22O3. The molecular weight excluding hydrogens is 240 g/mol. The first-order valence-corrected chi connectivity index (χ1v) is 6.52. The largest absolute Gasteiger partial charge is 0.508 e. The molecule has 0 heterocycles. The maximum Gasteiger partial charge on any atom is 0.306 e. The van der Waals surface area contributed by atoms with Gasteiger partial charge in [-0.15, -0.1) is 0 Å². The molecule has 3 nitrogen and oxygen atoms in total. The molecule has 0 radical (unpaired) electrons. The first-order valence-electron chi connectivity index (χ1n) is 6.52. The van der Waals surface area contributed by atoms with Crippen LogP contribution in [0.2, 0.25) is 0 Å². The topological polar surface area (TPSA) is 46.5 Å². The highest BCUT2D eigenvalue weighted by Crippen LogP contribution is 2.30. The zero-order chi connectivity index (χ0) is 14.3. The molecule has 0 atom stereocenters. The Balaban J connectivity index is 2.44. The molecule has 1 aromatic carbocycles. The summed E-state index contributed by atoms with van der Waals surface area (Å²) in [5.74, 6) is 0.0916. The normalized spacial score (nSPS) is 11.1. The Morgan fingerprint density at radius 1 is 1.37 bits per heavy atom. The number of benzene rings is 1. The summed E-state index contributed by atoms with van der Waals surface area (Å²) >= 11 is 0. The zero-order valence-corrected chi connectivity index (χ0v) is 11.7. The predicted molar refractivity (Wildman–Crippen MR) is 76.1 cm³/mol. The average molecular weight is 262 g/mol. The quantitative estimate of drug-likeness (QED) is 0.603. The summed E-state index contributed by atoms with van der Waals surface area (Å²) in [6, 6.07) is 7.22. The molecule has 104 valence electrons. The van der Waals surface area contributed by atoms with Gasteiger partial charge < -0.3 is 9.84 Å². The van der Waals surface area contributed by atoms with Crippen molar-refractivity contribution in [2.24, 2.45) is 0 Å². The van der Waals surface area contributed by atoms with E-state index in [1.54, 1.807) is 18.2 Å². The van der Waals surface area contributed by atoms with Crippen LogP contribution in [-0.2, 0) is 14.9 Å². The van der Waals surface area contributed by atoms with Gasteiger partial charge in [-0.25, -0.2) is 0 Å². The van der Waals surface area contributed by atoms with Gasteiger partial charge in [0.25, 0.3) is 0 Å². The van der Waals surface area contributed by atoms with Gasteiger partial charge in [-0.3, -0.25) is 4.79 Å². The number of aromatic hydroxyl groups is 1. The first kappa shape index (κ1) is 15.3. The minimum Gasteiger partial charge on any atom is -0.508 e. The molecule has 0 saturated carbocycles. The van der Waals surface area contributed by atoms with E-state index in [0.717, 1.165) is 18.4 Å². The number of phenols is 1. The van der Waals surface area contributed by atoms with E-state index in [1.807, 2.05) is 12.1 Å². The predicted octanol–water partition coefficient (Wildman–Crippen LogP) is 3.57. The molecule has 0 aliphatic carbocycles. The van der Waals surface area contributed by atoms with E-state index in [9.17, 15) is 9.90 Å². The third kappa shape index (κ3) is 5.16. The summed E-state index contributed by atoms with van der Waals surface area (Å²) in [4.78, 5) is 11.4. The summed E-state index contributed by atoms with van der Waals surface area (Å²) in [7, 11) is 0. The standard InChI is InChI=1S/C16H22O3/c1-4-12-19-15(18)6-5-11-16(2,3)13-7-9-14(17)10-8-13/h4,7-10,17H,1,5-6,11-12H2,2-3H3. The van der Waals surface area contributed by atoms with Gasteiger partial charge in [0.15, 0.2) is 0 Å². The second-order valence-corrected chi connectivity index (χ2v) is 5.26. The van der Waals surface area contributed by atoms with Crippen molar-refractivity contribution in [3.05, 3.63) is 42.5 Å². The lowest BCUT2D eigenvalue weighted by Gasteiger charge is -2.25. The van der Waals surface area contributed by atoms with Crippen molar-refractivity contribution in [2.75, 3.05) is 6.61 Å². The van der Waals surface area contributed by atoms with Gasteiger partial charge in [0.2, 0.25) is 0 Å². The summed E-state index contributed by atoms with van der Waals surface area (Å²) in [6.45, 7) is 8.05. The lowest BCUT2D eigenvalue weighted by Crippen LogP contribution is -2.17. The number of hydrogen-bond acceptors (Lipinski definition) is 3. The average Bonchev–Trinajstić information content (AvgIpc) is 2.36. The van der Waals surface area contributed by atoms with Crippen LogP contribution >= 0.6 is 0 Å². The Bertz CT molecular complexity index is 418. The molecule has 0 saturated heterocycles. The molecule has 0 aliphatic rings. The van der Waals surface area contributed by atoms with E-state index in [-0.39, 0.29) is 23.7 Å². The van der Waals surface area contributed by atoms with E-state index >= 15 is 0 Å². The third-order valence-corrected chi connectivity index (χ3v) is 3.19. The van der Waals surface area contributed by atoms with Crippen LogP contribution in [0.4, 0.5) is 0 Å². The molecule has 1 rings (SSSR count). The van der Waals surface area contributed by atoms with Crippen LogP contribution in [0.3, 0.4) is 0 Å². The van der Waals surface area contributed by atoms with Crippen LogP contribution in [0.1, 0.15) is 38.7 Å². The Morgan fingerprint density at radius 3 is 2.58 bits per heavy atom. The molecule has 0 bridgehead atoms. The number of hydrogen-bond donors (Lipinski definition) is 1. The fraction of sp³-hybridized carbons (Fsp3) is 0.438. The lowest BCUT2D eigenvalue weighted by atomic mass is 9.80. The van der Waals surface area contributed by atoms with Crippen LogP contribution in [-0.4, -0.2) is 17.7 Å². The zero-order valence-electron chi connectivity index (χ0n) is 11.7. The fourth-order valence-corrected chi connectivity index (χ4v) is 1.96. The molecule has 0 fully saturated rings. The number of phenolic OH excluding ortho intramolecular Hbond substituents is 1. The van der Waals surface area contributed by atoms with Crippen LogP contribution in [0, 0.1) is 0 Å². The SMILES string of the molecule is C=CCOC(=O)CCCC(C)(C)c1ccc(O)cc1. The molecule has 0 aromatic heterocycles. The minimum atomic E-state index is -0.179. The van der Waals surface area contributed by atoms with E-state index in [0.29, 0.717) is 6.42 Å². The summed E-state index contributed by atoms with van der Waals surface area (Å²) in [5, 5.41) is 9.28. The summed E-state index contributed by atoms with van der Waals surface area (Å²) < 4.78 is 4.94. The maximum atomic E-state index is 11.4. The molecule has 3 heteroatoms. The van der Waals surface area contributed by atoms with Crippen LogP contribution in [0.15, 0.2) is 36.9 Å². The maximum absolute atomic E-state index is 11.4. The van der Waals surface area contributed by atoms with Gasteiger partial charge in [-0.1, -0.05) is 38.6 Å². The molecule has 1 N–H and O–H groups in total. The molecule has 0 aliphatic heterocycles. The fourth-order valence-electron chi connectivity index (χ4n) is 1.96. The number of carbonyl (C=O) groups is 1. The molecule has 0 spiro atoms. The van der Waals surface area contributed by atoms with Crippen molar-refractivity contribution in [1.29, 1.82) is 0 Å². The summed E-state index contributed by atoms with van der Waals surface area (Å²) in [6.07, 6.45) is 3.67. The Hall–Kier alpha value is -1.77. The van der Waals surface area contributed by atoms with Crippen molar-refractivity contribution in [2.45, 2.75) is 38.5 Å². The lowest BCUT2D eigenvalue weighted by molar-refractivity contribution is -0.142. The minimum absolute atomic E-state index is 0.0214. The molecule has 0 amide bonds. The van der Waals surface area contributed by atoms with Gasteiger partial charge in [-0.05, 0) is 36.0 Å². The van der Waals surface area contributed by atoms with E-state index in [1.165, 1.54) is 0 Å². The monoisotopic (exact) mass is 262 g/mol. The molecule has 0 unspecified atom stereocenters. The Labute approximate surface area is 114 Å². The van der Waals surface area contributed by atoms with E-state index in [4.69, 9.17) is 4.74 Å². The second kappa shape index (κ2) is 6.98. The number of ether oxygens (including phenoxy) is 1. The van der Waals surface area contributed by atoms with Gasteiger partial charge >= 0.3 is 5.97 Å².